The molecule has 28 heavy (non-hydrogen) atoms. The fraction of sp³-hybridized carbons (Fsp3) is 0.273. The third kappa shape index (κ3) is 4.06. The van der Waals surface area contributed by atoms with E-state index in [-0.39, 0.29) is 17.2 Å². The van der Waals surface area contributed by atoms with E-state index < -0.39 is 23.9 Å². The number of amides is 2. The lowest BCUT2D eigenvalue weighted by Crippen LogP contribution is -2.48. The van der Waals surface area contributed by atoms with Crippen molar-refractivity contribution in [1.82, 2.24) is 10.2 Å². The third-order valence-corrected chi connectivity index (χ3v) is 4.56. The van der Waals surface area contributed by atoms with Crippen molar-refractivity contribution in [3.05, 3.63) is 82.8 Å². The smallest absolute Gasteiger partial charge is 0.338 e. The fourth-order valence-electron chi connectivity index (χ4n) is 3.22. The predicted octanol–water partition coefficient (Wildman–Crippen LogP) is 4.32. The highest BCUT2D eigenvalue weighted by atomic mass is 19.1. The minimum absolute atomic E-state index is 0.227. The van der Waals surface area contributed by atoms with Gasteiger partial charge in [0, 0.05) is 11.3 Å². The summed E-state index contributed by atoms with van der Waals surface area (Å²) in [6.07, 6.45) is -0.339. The van der Waals surface area contributed by atoms with Crippen LogP contribution in [0.5, 0.6) is 0 Å². The lowest BCUT2D eigenvalue weighted by molar-refractivity contribution is -0.143. The van der Waals surface area contributed by atoms with E-state index in [4.69, 9.17) is 4.74 Å². The minimum Gasteiger partial charge on any atom is -0.459 e. The number of benzene rings is 2. The number of hydrogen-bond acceptors (Lipinski definition) is 3. The molecule has 1 atom stereocenters. The molecule has 146 valence electrons. The van der Waals surface area contributed by atoms with E-state index in [2.05, 4.69) is 5.32 Å². The van der Waals surface area contributed by atoms with Gasteiger partial charge in [-0.3, -0.25) is 4.90 Å². The first kappa shape index (κ1) is 19.6. The number of nitrogens with zero attached hydrogens (tertiary/aromatic N) is 1. The molecule has 2 amide bonds. The first-order valence-corrected chi connectivity index (χ1v) is 9.16. The van der Waals surface area contributed by atoms with Gasteiger partial charge in [-0.1, -0.05) is 48.5 Å². The average molecular weight is 382 g/mol. The van der Waals surface area contributed by atoms with Gasteiger partial charge in [-0.15, -0.1) is 0 Å². The largest absolute Gasteiger partial charge is 0.459 e. The summed E-state index contributed by atoms with van der Waals surface area (Å²) in [6, 6.07) is 14.2. The maximum atomic E-state index is 14.4. The van der Waals surface area contributed by atoms with Crippen LogP contribution >= 0.6 is 0 Å². The van der Waals surface area contributed by atoms with Crippen molar-refractivity contribution in [3.63, 3.8) is 0 Å². The average Bonchev–Trinajstić information content (AvgIpc) is 2.65. The van der Waals surface area contributed by atoms with Gasteiger partial charge in [0.15, 0.2) is 0 Å². The highest BCUT2D eigenvalue weighted by molar-refractivity contribution is 5.95. The number of nitrogens with one attached hydrogen (secondary N) is 1. The second kappa shape index (κ2) is 8.25. The maximum absolute atomic E-state index is 14.4. The molecule has 2 aromatic carbocycles. The number of carbonyl (C=O) groups is 2. The number of halogens is 1. The lowest BCUT2D eigenvalue weighted by atomic mass is 9.94. The molecule has 0 fully saturated rings. The molecule has 0 aromatic heterocycles. The maximum Gasteiger partial charge on any atom is 0.338 e. The molecule has 6 heteroatoms. The van der Waals surface area contributed by atoms with Crippen LogP contribution in [0.25, 0.3) is 0 Å². The third-order valence-electron chi connectivity index (χ3n) is 4.56. The molecular weight excluding hydrogens is 359 g/mol. The first-order chi connectivity index (χ1) is 13.4. The van der Waals surface area contributed by atoms with Crippen LogP contribution in [0.15, 0.2) is 65.9 Å². The monoisotopic (exact) mass is 382 g/mol. The summed E-state index contributed by atoms with van der Waals surface area (Å²) in [5.41, 5.74) is 1.82. The minimum atomic E-state index is -0.910. The molecule has 3 rings (SSSR count). The van der Waals surface area contributed by atoms with Gasteiger partial charge in [-0.05, 0) is 32.4 Å². The number of allylic oxidation sites excluding steroid dienone is 1. The van der Waals surface area contributed by atoms with Crippen molar-refractivity contribution in [2.75, 3.05) is 0 Å². The Morgan fingerprint density at radius 2 is 1.79 bits per heavy atom. The summed E-state index contributed by atoms with van der Waals surface area (Å²) >= 11 is 0. The molecule has 0 spiro atoms. The van der Waals surface area contributed by atoms with E-state index in [1.165, 1.54) is 11.0 Å². The molecule has 1 unspecified atom stereocenters. The van der Waals surface area contributed by atoms with Gasteiger partial charge in [0.05, 0.1) is 24.3 Å². The van der Waals surface area contributed by atoms with E-state index >= 15 is 0 Å². The molecule has 0 aliphatic carbocycles. The van der Waals surface area contributed by atoms with E-state index in [0.29, 0.717) is 12.2 Å². The van der Waals surface area contributed by atoms with Gasteiger partial charge in [-0.2, -0.15) is 0 Å². The van der Waals surface area contributed by atoms with Crippen molar-refractivity contribution in [1.29, 1.82) is 0 Å². The standard InChI is InChI=1S/C22H23FN2O3/c1-14(2)28-21(26)19-15(3)25(13-16-9-5-4-6-10-16)22(27)24-20(19)17-11-7-8-12-18(17)23/h4-12,14,20H,13H2,1-3H3,(H,24,27). The van der Waals surface area contributed by atoms with Crippen LogP contribution in [-0.4, -0.2) is 23.0 Å². The van der Waals surface area contributed by atoms with Gasteiger partial charge in [0.1, 0.15) is 5.82 Å². The number of urea groups is 1. The Morgan fingerprint density at radius 3 is 2.43 bits per heavy atom. The Kier molecular flexibility index (Phi) is 5.78. The molecule has 1 heterocycles. The SMILES string of the molecule is CC1=C(C(=O)OC(C)C)C(c2ccccc2F)NC(=O)N1Cc1ccccc1. The Hall–Kier alpha value is -3.15. The van der Waals surface area contributed by atoms with Crippen LogP contribution in [0.1, 0.15) is 37.9 Å². The van der Waals surface area contributed by atoms with E-state index in [9.17, 15) is 14.0 Å². The fourth-order valence-corrected chi connectivity index (χ4v) is 3.22. The number of ether oxygens (including phenoxy) is 1. The lowest BCUT2D eigenvalue weighted by Gasteiger charge is -2.35. The highest BCUT2D eigenvalue weighted by Crippen LogP contribution is 2.33. The summed E-state index contributed by atoms with van der Waals surface area (Å²) in [6.45, 7) is 5.47. The zero-order valence-corrected chi connectivity index (χ0v) is 16.1. The Balaban J connectivity index is 2.06. The molecule has 0 saturated heterocycles. The summed E-state index contributed by atoms with van der Waals surface area (Å²) in [4.78, 5) is 27.1. The topological polar surface area (TPSA) is 58.6 Å². The van der Waals surface area contributed by atoms with Crippen molar-refractivity contribution in [2.24, 2.45) is 0 Å². The van der Waals surface area contributed by atoms with Crippen LogP contribution < -0.4 is 5.32 Å². The molecule has 2 aromatic rings. The zero-order valence-electron chi connectivity index (χ0n) is 16.1. The Morgan fingerprint density at radius 1 is 1.14 bits per heavy atom. The molecule has 0 radical (unpaired) electrons. The quantitative estimate of drug-likeness (QED) is 0.784. The van der Waals surface area contributed by atoms with E-state index in [1.54, 1.807) is 39.0 Å². The van der Waals surface area contributed by atoms with Gasteiger partial charge in [0.25, 0.3) is 0 Å². The number of rotatable bonds is 5. The van der Waals surface area contributed by atoms with E-state index in [0.717, 1.165) is 5.56 Å². The molecule has 5 nitrogen and oxygen atoms in total. The number of esters is 1. The Labute approximate surface area is 163 Å². The van der Waals surface area contributed by atoms with Crippen molar-refractivity contribution in [3.8, 4) is 0 Å². The number of hydrogen-bond donors (Lipinski definition) is 1. The summed E-state index contributed by atoms with van der Waals surface area (Å²) in [5.74, 6) is -1.06. The summed E-state index contributed by atoms with van der Waals surface area (Å²) in [5, 5.41) is 2.77. The van der Waals surface area contributed by atoms with Crippen molar-refractivity contribution >= 4 is 12.0 Å². The molecule has 1 aliphatic heterocycles. The van der Waals surface area contributed by atoms with Gasteiger partial charge in [0.2, 0.25) is 0 Å². The predicted molar refractivity (Wildman–Crippen MR) is 104 cm³/mol. The van der Waals surface area contributed by atoms with Crippen LogP contribution in [0.2, 0.25) is 0 Å². The highest BCUT2D eigenvalue weighted by Gasteiger charge is 2.37. The number of carbonyl (C=O) groups excluding carboxylic acids is 2. The second-order valence-electron chi connectivity index (χ2n) is 6.93. The van der Waals surface area contributed by atoms with Crippen LogP contribution in [0, 0.1) is 5.82 Å². The first-order valence-electron chi connectivity index (χ1n) is 9.16. The molecular formula is C22H23FN2O3. The van der Waals surface area contributed by atoms with Gasteiger partial charge in [-0.25, -0.2) is 14.0 Å². The second-order valence-corrected chi connectivity index (χ2v) is 6.93. The summed E-state index contributed by atoms with van der Waals surface area (Å²) < 4.78 is 19.8. The molecule has 0 saturated carbocycles. The van der Waals surface area contributed by atoms with Gasteiger partial charge < -0.3 is 10.1 Å². The molecule has 1 aliphatic rings. The summed E-state index contributed by atoms with van der Waals surface area (Å²) in [7, 11) is 0. The van der Waals surface area contributed by atoms with Crippen molar-refractivity contribution < 1.29 is 18.7 Å². The van der Waals surface area contributed by atoms with Crippen LogP contribution in [0.3, 0.4) is 0 Å². The van der Waals surface area contributed by atoms with Gasteiger partial charge >= 0.3 is 12.0 Å². The van der Waals surface area contributed by atoms with Crippen LogP contribution in [-0.2, 0) is 16.1 Å². The normalized spacial score (nSPS) is 17.0. The van der Waals surface area contributed by atoms with Crippen molar-refractivity contribution in [2.45, 2.75) is 39.5 Å². The van der Waals surface area contributed by atoms with E-state index in [1.807, 2.05) is 30.3 Å². The molecule has 1 N–H and O–H groups in total. The van der Waals surface area contributed by atoms with Crippen LogP contribution in [0.4, 0.5) is 9.18 Å². The molecule has 0 bridgehead atoms. The Bertz CT molecular complexity index is 909. The zero-order chi connectivity index (χ0) is 20.3.